The third kappa shape index (κ3) is 4.16. The highest BCUT2D eigenvalue weighted by atomic mass is 19.4. The maximum Gasteiger partial charge on any atom is 0.450 e. The molecule has 3 heterocycles. The number of amides is 2. The molecule has 2 amide bonds. The molecule has 1 N–H and O–H groups in total. The van der Waals surface area contributed by atoms with Crippen LogP contribution >= 0.6 is 0 Å². The summed E-state index contributed by atoms with van der Waals surface area (Å²) in [5, 5.41) is 2.47. The van der Waals surface area contributed by atoms with E-state index in [0.29, 0.717) is 18.4 Å². The van der Waals surface area contributed by atoms with Gasteiger partial charge in [0.2, 0.25) is 11.7 Å². The fourth-order valence-electron chi connectivity index (χ4n) is 3.56. The standard InChI is InChI=1S/C22H18F3N3O3/c1-28-18-4-2-14(9-15(18)3-5-19(28)29)16-8-13(10-26-12-16)11-27-21(30)17-6-7-31-20(17)22(23,24)25/h2,4,6-10,12H,3,5,11H2,1H3,(H,27,30). The fourth-order valence-corrected chi connectivity index (χ4v) is 3.56. The Balaban J connectivity index is 1.50. The minimum atomic E-state index is -4.75. The van der Waals surface area contributed by atoms with Crippen molar-refractivity contribution in [3.8, 4) is 11.1 Å². The van der Waals surface area contributed by atoms with Gasteiger partial charge >= 0.3 is 6.18 Å². The number of pyridine rings is 1. The van der Waals surface area contributed by atoms with Crippen LogP contribution in [-0.2, 0) is 23.9 Å². The van der Waals surface area contributed by atoms with E-state index in [4.69, 9.17) is 0 Å². The summed E-state index contributed by atoms with van der Waals surface area (Å²) in [6.07, 6.45) is 0.397. The molecular weight excluding hydrogens is 411 g/mol. The molecular formula is C22H18F3N3O3. The minimum absolute atomic E-state index is 0.00430. The zero-order valence-electron chi connectivity index (χ0n) is 16.5. The number of furan rings is 1. The second-order valence-corrected chi connectivity index (χ2v) is 7.22. The number of rotatable bonds is 4. The van der Waals surface area contributed by atoms with Crippen LogP contribution in [0.2, 0.25) is 0 Å². The van der Waals surface area contributed by atoms with E-state index in [1.165, 1.54) is 6.20 Å². The predicted octanol–water partition coefficient (Wildman–Crippen LogP) is 4.20. The number of carbonyl (C=O) groups excluding carboxylic acids is 2. The number of halogens is 3. The number of hydrogen-bond donors (Lipinski definition) is 1. The molecule has 160 valence electrons. The molecule has 1 aliphatic heterocycles. The molecule has 0 radical (unpaired) electrons. The molecule has 0 spiro atoms. The van der Waals surface area contributed by atoms with Crippen LogP contribution in [0.25, 0.3) is 11.1 Å². The summed E-state index contributed by atoms with van der Waals surface area (Å²) in [7, 11) is 1.75. The molecule has 0 fully saturated rings. The molecule has 4 rings (SSSR count). The monoisotopic (exact) mass is 429 g/mol. The summed E-state index contributed by atoms with van der Waals surface area (Å²) in [5.41, 5.74) is 3.69. The van der Waals surface area contributed by atoms with Crippen LogP contribution in [0.5, 0.6) is 0 Å². The molecule has 3 aromatic rings. The molecule has 1 aliphatic rings. The number of nitrogens with zero attached hydrogens (tertiary/aromatic N) is 2. The molecule has 1 aromatic carbocycles. The molecule has 31 heavy (non-hydrogen) atoms. The molecule has 0 unspecified atom stereocenters. The molecule has 0 saturated carbocycles. The number of carbonyl (C=O) groups is 2. The summed E-state index contributed by atoms with van der Waals surface area (Å²) in [5.74, 6) is -2.13. The molecule has 0 bridgehead atoms. The van der Waals surface area contributed by atoms with Crippen LogP contribution in [0.1, 0.15) is 33.7 Å². The van der Waals surface area contributed by atoms with E-state index in [2.05, 4.69) is 14.7 Å². The average Bonchev–Trinajstić information content (AvgIpc) is 3.25. The van der Waals surface area contributed by atoms with Gasteiger partial charge in [-0.3, -0.25) is 14.6 Å². The molecule has 6 nitrogen and oxygen atoms in total. The SMILES string of the molecule is CN1C(=O)CCc2cc(-c3cncc(CNC(=O)c4ccoc4C(F)(F)F)c3)ccc21. The predicted molar refractivity (Wildman–Crippen MR) is 106 cm³/mol. The summed E-state index contributed by atoms with van der Waals surface area (Å²) >= 11 is 0. The first-order valence-corrected chi connectivity index (χ1v) is 9.50. The molecule has 2 aromatic heterocycles. The quantitative estimate of drug-likeness (QED) is 0.675. The Morgan fingerprint density at radius 1 is 1.16 bits per heavy atom. The second-order valence-electron chi connectivity index (χ2n) is 7.22. The van der Waals surface area contributed by atoms with Crippen LogP contribution in [0.4, 0.5) is 18.9 Å². The zero-order chi connectivity index (χ0) is 22.2. The smallest absolute Gasteiger partial charge is 0.450 e. The average molecular weight is 429 g/mol. The lowest BCUT2D eigenvalue weighted by Crippen LogP contribution is -2.30. The Morgan fingerprint density at radius 2 is 1.97 bits per heavy atom. The van der Waals surface area contributed by atoms with Crippen molar-refractivity contribution in [3.05, 3.63) is 71.4 Å². The van der Waals surface area contributed by atoms with Gasteiger partial charge < -0.3 is 14.6 Å². The minimum Gasteiger partial charge on any atom is -0.459 e. The maximum atomic E-state index is 12.9. The van der Waals surface area contributed by atoms with Crippen molar-refractivity contribution in [2.24, 2.45) is 0 Å². The third-order valence-electron chi connectivity index (χ3n) is 5.17. The van der Waals surface area contributed by atoms with Crippen molar-refractivity contribution in [2.45, 2.75) is 25.6 Å². The fraction of sp³-hybridized carbons (Fsp3) is 0.227. The van der Waals surface area contributed by atoms with E-state index in [9.17, 15) is 22.8 Å². The Hall–Kier alpha value is -3.62. The van der Waals surface area contributed by atoms with Gasteiger partial charge in [-0.2, -0.15) is 13.2 Å². The van der Waals surface area contributed by atoms with E-state index in [-0.39, 0.29) is 12.5 Å². The first kappa shape index (κ1) is 20.6. The Morgan fingerprint density at radius 3 is 2.74 bits per heavy atom. The third-order valence-corrected chi connectivity index (χ3v) is 5.17. The second kappa shape index (κ2) is 7.90. The number of aromatic nitrogens is 1. The number of alkyl halides is 3. The largest absolute Gasteiger partial charge is 0.459 e. The van der Waals surface area contributed by atoms with Crippen LogP contribution in [0.15, 0.2) is 53.4 Å². The number of nitrogens with one attached hydrogen (secondary N) is 1. The topological polar surface area (TPSA) is 75.4 Å². The van der Waals surface area contributed by atoms with Gasteiger partial charge in [0.15, 0.2) is 0 Å². The maximum absolute atomic E-state index is 12.9. The van der Waals surface area contributed by atoms with Crippen LogP contribution in [0.3, 0.4) is 0 Å². The number of benzene rings is 1. The van der Waals surface area contributed by atoms with Crippen LogP contribution in [0, 0.1) is 0 Å². The number of anilines is 1. The van der Waals surface area contributed by atoms with E-state index < -0.39 is 23.4 Å². The zero-order valence-corrected chi connectivity index (χ0v) is 16.5. The van der Waals surface area contributed by atoms with E-state index in [1.807, 2.05) is 24.3 Å². The van der Waals surface area contributed by atoms with Crippen molar-refractivity contribution < 1.29 is 27.2 Å². The molecule has 0 saturated heterocycles. The lowest BCUT2D eigenvalue weighted by Gasteiger charge is -2.26. The van der Waals surface area contributed by atoms with Gasteiger partial charge in [-0.15, -0.1) is 0 Å². The number of hydrogen-bond acceptors (Lipinski definition) is 4. The van der Waals surface area contributed by atoms with Gasteiger partial charge in [-0.1, -0.05) is 6.07 Å². The molecule has 0 atom stereocenters. The first-order valence-electron chi connectivity index (χ1n) is 9.50. The van der Waals surface area contributed by atoms with Gasteiger partial charge in [0.05, 0.1) is 11.8 Å². The Labute approximate surface area is 175 Å². The van der Waals surface area contributed by atoms with Crippen LogP contribution < -0.4 is 10.2 Å². The Kier molecular flexibility index (Phi) is 5.26. The highest BCUT2D eigenvalue weighted by molar-refractivity contribution is 5.96. The van der Waals surface area contributed by atoms with Crippen molar-refractivity contribution in [1.82, 2.24) is 10.3 Å². The van der Waals surface area contributed by atoms with Gasteiger partial charge in [-0.25, -0.2) is 0 Å². The van der Waals surface area contributed by atoms with Gasteiger partial charge in [0, 0.05) is 43.7 Å². The van der Waals surface area contributed by atoms with Crippen molar-refractivity contribution >= 4 is 17.5 Å². The van der Waals surface area contributed by atoms with Gasteiger partial charge in [0.25, 0.3) is 5.91 Å². The lowest BCUT2D eigenvalue weighted by atomic mass is 9.96. The molecule has 9 heteroatoms. The van der Waals surface area contributed by atoms with Crippen molar-refractivity contribution in [3.63, 3.8) is 0 Å². The lowest BCUT2D eigenvalue weighted by molar-refractivity contribution is -0.153. The summed E-state index contributed by atoms with van der Waals surface area (Å²) in [6, 6.07) is 8.56. The van der Waals surface area contributed by atoms with E-state index >= 15 is 0 Å². The highest BCUT2D eigenvalue weighted by Crippen LogP contribution is 2.33. The van der Waals surface area contributed by atoms with E-state index in [0.717, 1.165) is 34.7 Å². The first-order chi connectivity index (χ1) is 14.7. The number of fused-ring (bicyclic) bond motifs is 1. The van der Waals surface area contributed by atoms with Crippen LogP contribution in [-0.4, -0.2) is 23.8 Å². The number of aryl methyl sites for hydroxylation is 1. The summed E-state index contributed by atoms with van der Waals surface area (Å²) in [6.45, 7) is 0.00430. The molecule has 0 aliphatic carbocycles. The highest BCUT2D eigenvalue weighted by Gasteiger charge is 2.39. The van der Waals surface area contributed by atoms with Crippen molar-refractivity contribution in [1.29, 1.82) is 0 Å². The summed E-state index contributed by atoms with van der Waals surface area (Å²) in [4.78, 5) is 29.9. The van der Waals surface area contributed by atoms with E-state index in [1.54, 1.807) is 18.1 Å². The normalized spacial score (nSPS) is 13.8. The van der Waals surface area contributed by atoms with Gasteiger partial charge in [-0.05, 0) is 47.4 Å². The summed E-state index contributed by atoms with van der Waals surface area (Å²) < 4.78 is 43.1. The Bertz CT molecular complexity index is 1150. The van der Waals surface area contributed by atoms with Gasteiger partial charge in [0.1, 0.15) is 0 Å². The van der Waals surface area contributed by atoms with Crippen molar-refractivity contribution in [2.75, 3.05) is 11.9 Å².